The second-order valence-corrected chi connectivity index (χ2v) is 4.31. The van der Waals surface area contributed by atoms with Crippen LogP contribution in [0.25, 0.3) is 0 Å². The highest BCUT2D eigenvalue weighted by Gasteiger charge is 2.48. The van der Waals surface area contributed by atoms with E-state index >= 15 is 0 Å². The molecule has 0 radical (unpaired) electrons. The lowest BCUT2D eigenvalue weighted by Gasteiger charge is -2.22. The summed E-state index contributed by atoms with van der Waals surface area (Å²) in [5.74, 6) is -0.308. The minimum absolute atomic E-state index is 0.105. The van der Waals surface area contributed by atoms with Crippen molar-refractivity contribution in [1.82, 2.24) is 4.90 Å². The first-order valence-electron chi connectivity index (χ1n) is 5.11. The third-order valence-corrected chi connectivity index (χ3v) is 3.55. The summed E-state index contributed by atoms with van der Waals surface area (Å²) >= 11 is 0. The van der Waals surface area contributed by atoms with Crippen LogP contribution in [0, 0.1) is 11.8 Å². The van der Waals surface area contributed by atoms with Crippen LogP contribution < -0.4 is 0 Å². The predicted octanol–water partition coefficient (Wildman–Crippen LogP) is 0.718. The lowest BCUT2D eigenvalue weighted by atomic mass is 9.94. The zero-order chi connectivity index (χ0) is 10.3. The van der Waals surface area contributed by atoms with Crippen molar-refractivity contribution in [3.8, 4) is 0 Å². The molecule has 4 nitrogen and oxygen atoms in total. The molecule has 1 N–H and O–H groups in total. The fraction of sp³-hybridized carbons (Fsp3) is 0.800. The molecule has 4 heteroatoms. The SMILES string of the molecule is CC(=O)N1CC2CCCC2C1C(=O)O. The van der Waals surface area contributed by atoms with Gasteiger partial charge in [-0.15, -0.1) is 0 Å². The lowest BCUT2D eigenvalue weighted by Crippen LogP contribution is -2.42. The molecule has 3 atom stereocenters. The first-order chi connectivity index (χ1) is 6.61. The number of hydrogen-bond donors (Lipinski definition) is 1. The smallest absolute Gasteiger partial charge is 0.326 e. The van der Waals surface area contributed by atoms with Gasteiger partial charge in [-0.3, -0.25) is 4.79 Å². The van der Waals surface area contributed by atoms with Gasteiger partial charge in [0.15, 0.2) is 0 Å². The van der Waals surface area contributed by atoms with E-state index in [4.69, 9.17) is 5.11 Å². The molecule has 1 saturated heterocycles. The van der Waals surface area contributed by atoms with Crippen LogP contribution in [0.3, 0.4) is 0 Å². The summed E-state index contributed by atoms with van der Waals surface area (Å²) in [5.41, 5.74) is 0. The first kappa shape index (κ1) is 9.49. The van der Waals surface area contributed by atoms with Crippen molar-refractivity contribution in [2.24, 2.45) is 11.8 Å². The molecule has 1 aliphatic heterocycles. The van der Waals surface area contributed by atoms with Crippen molar-refractivity contribution in [2.45, 2.75) is 32.2 Å². The van der Waals surface area contributed by atoms with Gasteiger partial charge < -0.3 is 10.0 Å². The van der Waals surface area contributed by atoms with Crippen molar-refractivity contribution >= 4 is 11.9 Å². The molecule has 14 heavy (non-hydrogen) atoms. The molecule has 1 heterocycles. The van der Waals surface area contributed by atoms with E-state index in [1.165, 1.54) is 11.8 Å². The molecule has 0 bridgehead atoms. The van der Waals surface area contributed by atoms with Crippen LogP contribution in [0.15, 0.2) is 0 Å². The first-order valence-corrected chi connectivity index (χ1v) is 5.11. The fourth-order valence-corrected chi connectivity index (χ4v) is 2.95. The van der Waals surface area contributed by atoms with Gasteiger partial charge in [-0.25, -0.2) is 4.79 Å². The summed E-state index contributed by atoms with van der Waals surface area (Å²) in [6.45, 7) is 2.11. The number of carbonyl (C=O) groups excluding carboxylic acids is 1. The van der Waals surface area contributed by atoms with Gasteiger partial charge in [0.25, 0.3) is 0 Å². The summed E-state index contributed by atoms with van der Waals surface area (Å²) in [7, 11) is 0. The minimum Gasteiger partial charge on any atom is -0.480 e. The maximum atomic E-state index is 11.3. The van der Waals surface area contributed by atoms with E-state index in [2.05, 4.69) is 0 Å². The minimum atomic E-state index is -0.838. The molecule has 1 amide bonds. The van der Waals surface area contributed by atoms with Gasteiger partial charge in [0, 0.05) is 13.5 Å². The Morgan fingerprint density at radius 1 is 1.36 bits per heavy atom. The van der Waals surface area contributed by atoms with Crippen molar-refractivity contribution in [2.75, 3.05) is 6.54 Å². The van der Waals surface area contributed by atoms with Gasteiger partial charge in [0.2, 0.25) is 5.91 Å². The number of carbonyl (C=O) groups is 2. The largest absolute Gasteiger partial charge is 0.480 e. The van der Waals surface area contributed by atoms with Gasteiger partial charge in [0.1, 0.15) is 6.04 Å². The van der Waals surface area contributed by atoms with Crippen LogP contribution in [0.1, 0.15) is 26.2 Å². The van der Waals surface area contributed by atoms with E-state index in [1.807, 2.05) is 0 Å². The second kappa shape index (κ2) is 3.26. The Hall–Kier alpha value is -1.06. The Balaban J connectivity index is 2.21. The van der Waals surface area contributed by atoms with Crippen LogP contribution in [0.5, 0.6) is 0 Å². The lowest BCUT2D eigenvalue weighted by molar-refractivity contribution is -0.148. The van der Waals surface area contributed by atoms with Gasteiger partial charge in [-0.2, -0.15) is 0 Å². The van der Waals surface area contributed by atoms with Crippen LogP contribution in [0.2, 0.25) is 0 Å². The number of aliphatic carboxylic acids is 1. The van der Waals surface area contributed by atoms with E-state index in [-0.39, 0.29) is 11.8 Å². The van der Waals surface area contributed by atoms with Crippen molar-refractivity contribution in [3.05, 3.63) is 0 Å². The summed E-state index contributed by atoms with van der Waals surface area (Å²) in [5, 5.41) is 9.09. The molecule has 0 aromatic carbocycles. The van der Waals surface area contributed by atoms with Crippen LogP contribution >= 0.6 is 0 Å². The molecule has 0 aromatic rings. The highest BCUT2D eigenvalue weighted by molar-refractivity contribution is 5.83. The second-order valence-electron chi connectivity index (χ2n) is 4.31. The molecule has 0 aromatic heterocycles. The van der Waals surface area contributed by atoms with Crippen molar-refractivity contribution < 1.29 is 14.7 Å². The molecule has 1 saturated carbocycles. The normalized spacial score (nSPS) is 35.8. The highest BCUT2D eigenvalue weighted by Crippen LogP contribution is 2.42. The number of fused-ring (bicyclic) bond motifs is 1. The Labute approximate surface area is 82.9 Å². The summed E-state index contributed by atoms with van der Waals surface area (Å²) < 4.78 is 0. The van der Waals surface area contributed by atoms with Gasteiger partial charge in [0.05, 0.1) is 0 Å². The number of carboxylic acid groups (broad SMARTS) is 1. The van der Waals surface area contributed by atoms with Crippen LogP contribution in [-0.2, 0) is 9.59 Å². The van der Waals surface area contributed by atoms with Gasteiger partial charge in [-0.05, 0) is 24.7 Å². The summed E-state index contributed by atoms with van der Waals surface area (Å²) in [6.07, 6.45) is 3.16. The number of hydrogen-bond acceptors (Lipinski definition) is 2. The molecular formula is C10H15NO3. The summed E-state index contributed by atoms with van der Waals surface area (Å²) in [6, 6.07) is -0.556. The number of amides is 1. The fourth-order valence-electron chi connectivity index (χ4n) is 2.95. The van der Waals surface area contributed by atoms with E-state index in [9.17, 15) is 9.59 Å². The van der Waals surface area contributed by atoms with Crippen molar-refractivity contribution in [1.29, 1.82) is 0 Å². The zero-order valence-electron chi connectivity index (χ0n) is 8.27. The van der Waals surface area contributed by atoms with Crippen LogP contribution in [-0.4, -0.2) is 34.5 Å². The maximum Gasteiger partial charge on any atom is 0.326 e. The van der Waals surface area contributed by atoms with Crippen LogP contribution in [0.4, 0.5) is 0 Å². The average Bonchev–Trinajstić information content (AvgIpc) is 2.58. The van der Waals surface area contributed by atoms with Gasteiger partial charge >= 0.3 is 5.97 Å². The molecule has 0 spiro atoms. The van der Waals surface area contributed by atoms with E-state index in [0.29, 0.717) is 12.5 Å². The van der Waals surface area contributed by atoms with E-state index < -0.39 is 12.0 Å². The van der Waals surface area contributed by atoms with E-state index in [0.717, 1.165) is 19.3 Å². The highest BCUT2D eigenvalue weighted by atomic mass is 16.4. The monoisotopic (exact) mass is 197 g/mol. The quantitative estimate of drug-likeness (QED) is 0.673. The number of nitrogens with zero attached hydrogens (tertiary/aromatic N) is 1. The topological polar surface area (TPSA) is 57.6 Å². The number of likely N-dealkylation sites (tertiary alicyclic amines) is 1. The maximum absolute atomic E-state index is 11.3. The molecule has 2 rings (SSSR count). The Kier molecular flexibility index (Phi) is 2.21. The predicted molar refractivity (Wildman–Crippen MR) is 49.6 cm³/mol. The third-order valence-electron chi connectivity index (χ3n) is 3.55. The third kappa shape index (κ3) is 1.29. The zero-order valence-corrected chi connectivity index (χ0v) is 8.27. The number of carboxylic acids is 1. The standard InChI is InChI=1S/C10H15NO3/c1-6(12)11-5-7-3-2-4-8(7)9(11)10(13)14/h7-9H,2-5H2,1H3,(H,13,14). The van der Waals surface area contributed by atoms with E-state index in [1.54, 1.807) is 0 Å². The Morgan fingerprint density at radius 3 is 2.64 bits per heavy atom. The molecule has 1 aliphatic carbocycles. The molecule has 2 aliphatic rings. The molecule has 3 unspecified atom stereocenters. The molecule has 78 valence electrons. The van der Waals surface area contributed by atoms with Gasteiger partial charge in [-0.1, -0.05) is 6.42 Å². The number of rotatable bonds is 1. The van der Waals surface area contributed by atoms with Crippen molar-refractivity contribution in [3.63, 3.8) is 0 Å². The summed E-state index contributed by atoms with van der Waals surface area (Å²) in [4.78, 5) is 23.8. The Morgan fingerprint density at radius 2 is 2.07 bits per heavy atom. The average molecular weight is 197 g/mol. The molecular weight excluding hydrogens is 182 g/mol. The Bertz CT molecular complexity index is 277. The molecule has 2 fully saturated rings.